The van der Waals surface area contributed by atoms with Crippen LogP contribution in [0, 0.1) is 5.41 Å². The van der Waals surface area contributed by atoms with Gasteiger partial charge >= 0.3 is 0 Å². The van der Waals surface area contributed by atoms with Crippen LogP contribution in [0.5, 0.6) is 0 Å². The Kier molecular flexibility index (Phi) is 3.49. The van der Waals surface area contributed by atoms with Gasteiger partial charge in [0.15, 0.2) is 0 Å². The highest BCUT2D eigenvalue weighted by atomic mass is 16.5. The fraction of sp³-hybridized carbons (Fsp3) is 0.875. The number of morpholine rings is 1. The van der Waals surface area contributed by atoms with E-state index in [4.69, 9.17) is 14.9 Å². The third kappa shape index (κ3) is 2.19. The molecule has 1 fully saturated rings. The van der Waals surface area contributed by atoms with E-state index in [2.05, 4.69) is 0 Å². The molecule has 0 aliphatic carbocycles. The highest BCUT2D eigenvalue weighted by Crippen LogP contribution is 2.02. The first kappa shape index (κ1) is 9.48. The van der Waals surface area contributed by atoms with Gasteiger partial charge in [-0.15, -0.1) is 0 Å². The minimum absolute atomic E-state index is 0.108. The minimum atomic E-state index is -0.108. The fourth-order valence-electron chi connectivity index (χ4n) is 1.17. The molecule has 1 saturated heterocycles. The van der Waals surface area contributed by atoms with Gasteiger partial charge in [-0.3, -0.25) is 5.41 Å². The van der Waals surface area contributed by atoms with Crippen molar-refractivity contribution in [3.63, 3.8) is 0 Å². The van der Waals surface area contributed by atoms with Crippen molar-refractivity contribution in [2.75, 3.05) is 33.4 Å². The van der Waals surface area contributed by atoms with Crippen molar-refractivity contribution in [2.24, 2.45) is 0 Å². The molecule has 0 radical (unpaired) electrons. The van der Waals surface area contributed by atoms with Crippen molar-refractivity contribution >= 4 is 5.84 Å². The van der Waals surface area contributed by atoms with Crippen LogP contribution in [0.3, 0.4) is 0 Å². The van der Waals surface area contributed by atoms with E-state index < -0.39 is 0 Å². The molecule has 0 bridgehead atoms. The van der Waals surface area contributed by atoms with Crippen LogP contribution >= 0.6 is 0 Å². The summed E-state index contributed by atoms with van der Waals surface area (Å²) in [6.07, 6.45) is -0.108. The largest absolute Gasteiger partial charge is 0.378 e. The number of hydrogen-bond acceptors (Lipinski definition) is 3. The first-order chi connectivity index (χ1) is 5.75. The lowest BCUT2D eigenvalue weighted by molar-refractivity contribution is 0.0594. The second-order valence-electron chi connectivity index (χ2n) is 2.86. The van der Waals surface area contributed by atoms with Gasteiger partial charge in [-0.1, -0.05) is 0 Å². The molecule has 0 aromatic carbocycles. The number of amidine groups is 1. The summed E-state index contributed by atoms with van der Waals surface area (Å²) in [6, 6.07) is 0. The molecular formula is C8H16N2O2. The average molecular weight is 172 g/mol. The summed E-state index contributed by atoms with van der Waals surface area (Å²) in [7, 11) is 1.62. The van der Waals surface area contributed by atoms with Gasteiger partial charge in [-0.2, -0.15) is 0 Å². The Labute approximate surface area is 73.0 Å². The summed E-state index contributed by atoms with van der Waals surface area (Å²) in [5.41, 5.74) is 0. The van der Waals surface area contributed by atoms with Gasteiger partial charge in [0.05, 0.1) is 13.2 Å². The fourth-order valence-corrected chi connectivity index (χ4v) is 1.17. The van der Waals surface area contributed by atoms with Gasteiger partial charge in [0.25, 0.3) is 0 Å². The van der Waals surface area contributed by atoms with E-state index in [1.165, 1.54) is 0 Å². The van der Waals surface area contributed by atoms with E-state index in [-0.39, 0.29) is 6.10 Å². The van der Waals surface area contributed by atoms with Gasteiger partial charge in [0.2, 0.25) is 0 Å². The molecule has 0 amide bonds. The Balaban J connectivity index is 2.39. The van der Waals surface area contributed by atoms with E-state index in [1.54, 1.807) is 7.11 Å². The van der Waals surface area contributed by atoms with Gasteiger partial charge in [0, 0.05) is 20.2 Å². The van der Waals surface area contributed by atoms with Crippen LogP contribution in [0.25, 0.3) is 0 Å². The van der Waals surface area contributed by atoms with Crippen LogP contribution in [0.4, 0.5) is 0 Å². The number of nitrogens with zero attached hydrogens (tertiary/aromatic N) is 1. The van der Waals surface area contributed by atoms with E-state index in [0.29, 0.717) is 5.84 Å². The SMILES string of the molecule is COC(C)C(=N)N1CCOCC1. The Morgan fingerprint density at radius 2 is 2.08 bits per heavy atom. The third-order valence-corrected chi connectivity index (χ3v) is 2.09. The van der Waals surface area contributed by atoms with Crippen LogP contribution in [0.2, 0.25) is 0 Å². The molecule has 4 heteroatoms. The molecule has 1 aliphatic heterocycles. The van der Waals surface area contributed by atoms with E-state index in [9.17, 15) is 0 Å². The van der Waals surface area contributed by atoms with Gasteiger partial charge in [-0.25, -0.2) is 0 Å². The second kappa shape index (κ2) is 4.42. The zero-order valence-corrected chi connectivity index (χ0v) is 7.67. The summed E-state index contributed by atoms with van der Waals surface area (Å²) >= 11 is 0. The van der Waals surface area contributed by atoms with Crippen molar-refractivity contribution in [3.05, 3.63) is 0 Å². The summed E-state index contributed by atoms with van der Waals surface area (Å²) in [4.78, 5) is 2.00. The maximum Gasteiger partial charge on any atom is 0.125 e. The minimum Gasteiger partial charge on any atom is -0.378 e. The normalized spacial score (nSPS) is 20.7. The van der Waals surface area contributed by atoms with Crippen LogP contribution < -0.4 is 0 Å². The molecule has 0 aromatic heterocycles. The molecule has 12 heavy (non-hydrogen) atoms. The Morgan fingerprint density at radius 1 is 1.50 bits per heavy atom. The van der Waals surface area contributed by atoms with Crippen molar-refractivity contribution in [1.29, 1.82) is 5.41 Å². The van der Waals surface area contributed by atoms with Crippen molar-refractivity contribution < 1.29 is 9.47 Å². The summed E-state index contributed by atoms with van der Waals surface area (Å²) < 4.78 is 10.2. The van der Waals surface area contributed by atoms with E-state index in [0.717, 1.165) is 26.3 Å². The number of rotatable bonds is 2. The molecule has 1 unspecified atom stereocenters. The quantitative estimate of drug-likeness (QED) is 0.482. The van der Waals surface area contributed by atoms with Crippen LogP contribution in [0.15, 0.2) is 0 Å². The molecule has 0 spiro atoms. The number of ether oxygens (including phenoxy) is 2. The third-order valence-electron chi connectivity index (χ3n) is 2.09. The van der Waals surface area contributed by atoms with Crippen molar-refractivity contribution in [1.82, 2.24) is 4.90 Å². The topological polar surface area (TPSA) is 45.5 Å². The molecular weight excluding hydrogens is 156 g/mol. The van der Waals surface area contributed by atoms with Gasteiger partial charge in [-0.05, 0) is 6.92 Å². The van der Waals surface area contributed by atoms with Crippen LogP contribution in [0.1, 0.15) is 6.92 Å². The number of nitrogens with one attached hydrogen (secondary N) is 1. The molecule has 1 heterocycles. The summed E-state index contributed by atoms with van der Waals surface area (Å²) in [6.45, 7) is 4.95. The molecule has 1 N–H and O–H groups in total. The lowest BCUT2D eigenvalue weighted by Crippen LogP contribution is -2.44. The highest BCUT2D eigenvalue weighted by Gasteiger charge is 2.17. The standard InChI is InChI=1S/C8H16N2O2/c1-7(11-2)8(9)10-3-5-12-6-4-10/h7,9H,3-6H2,1-2H3. The molecule has 0 saturated carbocycles. The summed E-state index contributed by atoms with van der Waals surface area (Å²) in [5.74, 6) is 0.556. The van der Waals surface area contributed by atoms with Crippen molar-refractivity contribution in [2.45, 2.75) is 13.0 Å². The molecule has 4 nitrogen and oxygen atoms in total. The highest BCUT2D eigenvalue weighted by molar-refractivity contribution is 5.83. The van der Waals surface area contributed by atoms with Crippen LogP contribution in [-0.2, 0) is 9.47 Å². The van der Waals surface area contributed by atoms with Crippen LogP contribution in [-0.4, -0.2) is 50.3 Å². The van der Waals surface area contributed by atoms with Gasteiger partial charge < -0.3 is 14.4 Å². The van der Waals surface area contributed by atoms with Gasteiger partial charge in [0.1, 0.15) is 11.9 Å². The monoisotopic (exact) mass is 172 g/mol. The van der Waals surface area contributed by atoms with E-state index in [1.807, 2.05) is 11.8 Å². The molecule has 1 atom stereocenters. The smallest absolute Gasteiger partial charge is 0.125 e. The average Bonchev–Trinajstić information content (AvgIpc) is 2.17. The first-order valence-corrected chi connectivity index (χ1v) is 4.19. The summed E-state index contributed by atoms with van der Waals surface area (Å²) in [5, 5.41) is 7.73. The number of methoxy groups -OCH3 is 1. The molecule has 0 aromatic rings. The van der Waals surface area contributed by atoms with Crippen molar-refractivity contribution in [3.8, 4) is 0 Å². The Hall–Kier alpha value is -0.610. The predicted octanol–water partition coefficient (Wildman–Crippen LogP) is 0.331. The number of hydrogen-bond donors (Lipinski definition) is 1. The van der Waals surface area contributed by atoms with E-state index >= 15 is 0 Å². The first-order valence-electron chi connectivity index (χ1n) is 4.19. The lowest BCUT2D eigenvalue weighted by Gasteiger charge is -2.31. The lowest BCUT2D eigenvalue weighted by atomic mass is 10.3. The maximum absolute atomic E-state index is 7.73. The Morgan fingerprint density at radius 3 is 2.58 bits per heavy atom. The zero-order chi connectivity index (χ0) is 8.97. The predicted molar refractivity (Wildman–Crippen MR) is 46.6 cm³/mol. The zero-order valence-electron chi connectivity index (χ0n) is 7.67. The second-order valence-corrected chi connectivity index (χ2v) is 2.86. The molecule has 70 valence electrons. The molecule has 1 aliphatic rings. The maximum atomic E-state index is 7.73. The Bertz CT molecular complexity index is 155. The molecule has 1 rings (SSSR count).